The lowest BCUT2D eigenvalue weighted by Crippen LogP contribution is -2.24. The second-order valence-corrected chi connectivity index (χ2v) is 5.87. The molecule has 1 saturated carbocycles. The first kappa shape index (κ1) is 12.8. The molecule has 2 rings (SSSR count). The molecule has 2 unspecified atom stereocenters. The van der Waals surface area contributed by atoms with Crippen LogP contribution >= 0.6 is 11.6 Å². The monoisotopic (exact) mass is 255 g/mol. The second kappa shape index (κ2) is 4.95. The molecule has 17 heavy (non-hydrogen) atoms. The fourth-order valence-corrected chi connectivity index (χ4v) is 3.07. The highest BCUT2D eigenvalue weighted by molar-refractivity contribution is 6.30. The summed E-state index contributed by atoms with van der Waals surface area (Å²) in [5.74, 6) is -0.333. The number of hydrogen-bond donors (Lipinski definition) is 1. The van der Waals surface area contributed by atoms with Gasteiger partial charge in [-0.25, -0.2) is 4.39 Å². The van der Waals surface area contributed by atoms with Gasteiger partial charge in [-0.1, -0.05) is 24.6 Å². The van der Waals surface area contributed by atoms with Crippen LogP contribution in [0.25, 0.3) is 0 Å². The highest BCUT2D eigenvalue weighted by Crippen LogP contribution is 2.40. The summed E-state index contributed by atoms with van der Waals surface area (Å²) in [6, 6.07) is 5.69. The van der Waals surface area contributed by atoms with E-state index in [1.807, 2.05) is 13.1 Å². The number of halogens is 2. The molecule has 0 aromatic heterocycles. The number of benzene rings is 1. The molecule has 0 amide bonds. The molecule has 1 aliphatic carbocycles. The van der Waals surface area contributed by atoms with Gasteiger partial charge < -0.3 is 5.32 Å². The standard InChI is InChI=1S/C14H19ClFN/c1-14(6-5-11(9-14)17-2)8-10-3-4-13(16)12(15)7-10/h3-4,7,11,17H,5-6,8-9H2,1-2H3. The smallest absolute Gasteiger partial charge is 0.141 e. The van der Waals surface area contributed by atoms with Gasteiger partial charge in [-0.05, 0) is 55.8 Å². The van der Waals surface area contributed by atoms with Gasteiger partial charge in [-0.3, -0.25) is 0 Å². The predicted molar refractivity (Wildman–Crippen MR) is 69.9 cm³/mol. The Morgan fingerprint density at radius 3 is 2.88 bits per heavy atom. The normalized spacial score (nSPS) is 28.6. The van der Waals surface area contributed by atoms with Crippen LogP contribution in [0, 0.1) is 11.2 Å². The average molecular weight is 256 g/mol. The molecule has 1 N–H and O–H groups in total. The molecule has 1 aromatic carbocycles. The van der Waals surface area contributed by atoms with E-state index < -0.39 is 0 Å². The summed E-state index contributed by atoms with van der Waals surface area (Å²) in [6.07, 6.45) is 4.60. The minimum atomic E-state index is -0.333. The summed E-state index contributed by atoms with van der Waals surface area (Å²) in [5, 5.41) is 3.57. The summed E-state index contributed by atoms with van der Waals surface area (Å²) in [6.45, 7) is 2.31. The van der Waals surface area contributed by atoms with E-state index in [0.29, 0.717) is 11.5 Å². The third-order valence-electron chi connectivity index (χ3n) is 3.86. The van der Waals surface area contributed by atoms with Crippen LogP contribution in [0.15, 0.2) is 18.2 Å². The van der Waals surface area contributed by atoms with Gasteiger partial charge in [0.15, 0.2) is 0 Å². The molecule has 0 radical (unpaired) electrons. The lowest BCUT2D eigenvalue weighted by atomic mass is 9.82. The fourth-order valence-electron chi connectivity index (χ4n) is 2.87. The van der Waals surface area contributed by atoms with E-state index in [1.54, 1.807) is 6.07 Å². The molecule has 1 aromatic rings. The van der Waals surface area contributed by atoms with Crippen LogP contribution in [-0.2, 0) is 6.42 Å². The molecule has 3 heteroatoms. The van der Waals surface area contributed by atoms with E-state index in [1.165, 1.54) is 25.3 Å². The van der Waals surface area contributed by atoms with E-state index in [-0.39, 0.29) is 10.8 Å². The van der Waals surface area contributed by atoms with E-state index in [0.717, 1.165) is 12.0 Å². The highest BCUT2D eigenvalue weighted by atomic mass is 35.5. The van der Waals surface area contributed by atoms with Gasteiger partial charge in [0.05, 0.1) is 5.02 Å². The maximum Gasteiger partial charge on any atom is 0.141 e. The molecule has 1 nitrogen and oxygen atoms in total. The van der Waals surface area contributed by atoms with Crippen LogP contribution in [0.4, 0.5) is 4.39 Å². The van der Waals surface area contributed by atoms with Crippen molar-refractivity contribution in [2.24, 2.45) is 5.41 Å². The van der Waals surface area contributed by atoms with Gasteiger partial charge in [0.1, 0.15) is 5.82 Å². The molecule has 0 aliphatic heterocycles. The van der Waals surface area contributed by atoms with E-state index in [2.05, 4.69) is 12.2 Å². The van der Waals surface area contributed by atoms with Crippen molar-refractivity contribution in [3.8, 4) is 0 Å². The van der Waals surface area contributed by atoms with Crippen LogP contribution in [0.3, 0.4) is 0 Å². The minimum absolute atomic E-state index is 0.231. The van der Waals surface area contributed by atoms with Crippen molar-refractivity contribution in [2.75, 3.05) is 7.05 Å². The van der Waals surface area contributed by atoms with Gasteiger partial charge in [0, 0.05) is 6.04 Å². The molecule has 0 bridgehead atoms. The van der Waals surface area contributed by atoms with Gasteiger partial charge in [0.2, 0.25) is 0 Å². The maximum absolute atomic E-state index is 13.1. The molecule has 0 heterocycles. The van der Waals surface area contributed by atoms with Crippen molar-refractivity contribution >= 4 is 11.6 Å². The molecular weight excluding hydrogens is 237 g/mol. The summed E-state index contributed by atoms with van der Waals surface area (Å²) in [7, 11) is 2.02. The maximum atomic E-state index is 13.1. The van der Waals surface area contributed by atoms with Crippen molar-refractivity contribution in [1.29, 1.82) is 0 Å². The van der Waals surface area contributed by atoms with Crippen LogP contribution in [0.2, 0.25) is 5.02 Å². The first-order valence-electron chi connectivity index (χ1n) is 6.14. The first-order valence-corrected chi connectivity index (χ1v) is 6.51. The zero-order valence-electron chi connectivity index (χ0n) is 10.4. The van der Waals surface area contributed by atoms with Gasteiger partial charge in [0.25, 0.3) is 0 Å². The van der Waals surface area contributed by atoms with Crippen molar-refractivity contribution in [1.82, 2.24) is 5.32 Å². The topological polar surface area (TPSA) is 12.0 Å². The van der Waals surface area contributed by atoms with Crippen LogP contribution in [0.1, 0.15) is 31.7 Å². The van der Waals surface area contributed by atoms with Crippen molar-refractivity contribution in [2.45, 2.75) is 38.6 Å². The molecule has 0 saturated heterocycles. The van der Waals surface area contributed by atoms with Crippen molar-refractivity contribution in [3.05, 3.63) is 34.6 Å². The summed E-state index contributed by atoms with van der Waals surface area (Å²) in [5.41, 5.74) is 1.45. The SMILES string of the molecule is CNC1CCC(C)(Cc2ccc(F)c(Cl)c2)C1. The zero-order chi connectivity index (χ0) is 12.5. The van der Waals surface area contributed by atoms with Gasteiger partial charge in [-0.2, -0.15) is 0 Å². The molecule has 1 aliphatic rings. The molecular formula is C14H19ClFN. The second-order valence-electron chi connectivity index (χ2n) is 5.46. The summed E-state index contributed by atoms with van der Waals surface area (Å²) in [4.78, 5) is 0. The lowest BCUT2D eigenvalue weighted by molar-refractivity contribution is 0.324. The van der Waals surface area contributed by atoms with Crippen molar-refractivity contribution < 1.29 is 4.39 Å². The third-order valence-corrected chi connectivity index (χ3v) is 4.15. The quantitative estimate of drug-likeness (QED) is 0.866. The Hall–Kier alpha value is -0.600. The summed E-state index contributed by atoms with van der Waals surface area (Å²) >= 11 is 5.81. The molecule has 1 fully saturated rings. The highest BCUT2D eigenvalue weighted by Gasteiger charge is 2.34. The van der Waals surface area contributed by atoms with Crippen LogP contribution in [-0.4, -0.2) is 13.1 Å². The minimum Gasteiger partial charge on any atom is -0.317 e. The Morgan fingerprint density at radius 2 is 2.29 bits per heavy atom. The van der Waals surface area contributed by atoms with E-state index >= 15 is 0 Å². The van der Waals surface area contributed by atoms with E-state index in [4.69, 9.17) is 11.6 Å². The van der Waals surface area contributed by atoms with Crippen LogP contribution in [0.5, 0.6) is 0 Å². The molecule has 0 spiro atoms. The third kappa shape index (κ3) is 2.99. The summed E-state index contributed by atoms with van der Waals surface area (Å²) < 4.78 is 13.1. The molecule has 2 atom stereocenters. The fraction of sp³-hybridized carbons (Fsp3) is 0.571. The predicted octanol–water partition coefficient (Wildman–Crippen LogP) is 3.80. The van der Waals surface area contributed by atoms with Gasteiger partial charge >= 0.3 is 0 Å². The van der Waals surface area contributed by atoms with Gasteiger partial charge in [-0.15, -0.1) is 0 Å². The molecule has 94 valence electrons. The van der Waals surface area contributed by atoms with Crippen LogP contribution < -0.4 is 5.32 Å². The number of rotatable bonds is 3. The van der Waals surface area contributed by atoms with Crippen molar-refractivity contribution in [3.63, 3.8) is 0 Å². The Labute approximate surface area is 107 Å². The lowest BCUT2D eigenvalue weighted by Gasteiger charge is -2.24. The average Bonchev–Trinajstić information content (AvgIpc) is 2.66. The Morgan fingerprint density at radius 1 is 1.53 bits per heavy atom. The first-order chi connectivity index (χ1) is 8.02. The van der Waals surface area contributed by atoms with E-state index in [9.17, 15) is 4.39 Å². The Balaban J connectivity index is 2.08. The zero-order valence-corrected chi connectivity index (χ0v) is 11.1. The largest absolute Gasteiger partial charge is 0.317 e. The Bertz CT molecular complexity index is 407. The number of nitrogens with one attached hydrogen (secondary N) is 1. The Kier molecular flexibility index (Phi) is 3.74. The number of hydrogen-bond acceptors (Lipinski definition) is 1.